The van der Waals surface area contributed by atoms with Crippen LogP contribution in [0.15, 0.2) is 73.1 Å². The number of aryl methyl sites for hydroxylation is 2. The second kappa shape index (κ2) is 20.8. The summed E-state index contributed by atoms with van der Waals surface area (Å²) in [6.45, 7) is 9.24. The molecule has 8 heterocycles. The summed E-state index contributed by atoms with van der Waals surface area (Å²) < 4.78 is 8.51. The van der Waals surface area contributed by atoms with Crippen molar-refractivity contribution in [2.75, 3.05) is 82.6 Å². The maximum atomic E-state index is 13.2. The van der Waals surface area contributed by atoms with E-state index in [0.717, 1.165) is 71.5 Å². The zero-order valence-electron chi connectivity index (χ0n) is 37.8. The number of primary amides is 1. The number of nitriles is 1. The lowest BCUT2D eigenvalue weighted by Crippen LogP contribution is -2.49. The number of carbonyl (C=O) groups is 3. The maximum Gasteiger partial charge on any atom is 0.324 e. The summed E-state index contributed by atoms with van der Waals surface area (Å²) in [6.07, 6.45) is 6.87. The van der Waals surface area contributed by atoms with E-state index in [1.54, 1.807) is 34.3 Å². The first-order valence-corrected chi connectivity index (χ1v) is 24.7. The van der Waals surface area contributed by atoms with Crippen molar-refractivity contribution >= 4 is 109 Å². The van der Waals surface area contributed by atoms with Crippen molar-refractivity contribution in [3.8, 4) is 6.07 Å². The summed E-state index contributed by atoms with van der Waals surface area (Å²) >= 11 is 14.8. The first-order chi connectivity index (χ1) is 33.4. The summed E-state index contributed by atoms with van der Waals surface area (Å²) in [5, 5.41) is 18.6. The monoisotopic (exact) mass is 1010 g/mol. The number of benzene rings is 2. The van der Waals surface area contributed by atoms with Gasteiger partial charge in [0.1, 0.15) is 27.7 Å². The molecule has 69 heavy (non-hydrogen) atoms. The molecule has 4 saturated heterocycles. The molecule has 4 aromatic heterocycles. The van der Waals surface area contributed by atoms with Crippen molar-refractivity contribution in [1.29, 1.82) is 5.26 Å². The van der Waals surface area contributed by atoms with Gasteiger partial charge in [-0.25, -0.2) is 29.5 Å². The van der Waals surface area contributed by atoms with Gasteiger partial charge in [0.05, 0.1) is 35.9 Å². The molecule has 6 aromatic rings. The van der Waals surface area contributed by atoms with Crippen LogP contribution in [0.4, 0.5) is 54.2 Å². The van der Waals surface area contributed by atoms with E-state index in [4.69, 9.17) is 33.9 Å². The molecule has 19 nitrogen and oxygen atoms in total. The highest BCUT2D eigenvalue weighted by molar-refractivity contribution is 7.10. The van der Waals surface area contributed by atoms with E-state index in [0.29, 0.717) is 72.6 Å². The highest BCUT2D eigenvalue weighted by Gasteiger charge is 2.38. The average Bonchev–Trinajstić information content (AvgIpc) is 4.16. The number of nitrogens with two attached hydrogens (primary N) is 1. The Morgan fingerprint density at radius 3 is 1.67 bits per heavy atom. The molecule has 0 radical (unpaired) electrons. The number of aromatic nitrogens is 6. The molecule has 4 aliphatic rings. The number of amides is 5. The number of hydrogen-bond acceptors (Lipinski definition) is 16. The fourth-order valence-corrected chi connectivity index (χ4v) is 10.7. The van der Waals surface area contributed by atoms with Gasteiger partial charge in [-0.15, -0.1) is 0 Å². The second-order valence-corrected chi connectivity index (χ2v) is 19.4. The lowest BCUT2D eigenvalue weighted by molar-refractivity contribution is 0.0996. The van der Waals surface area contributed by atoms with Crippen molar-refractivity contribution in [3.05, 3.63) is 106 Å². The number of carbonyl (C=O) groups excluding carboxylic acids is 3. The minimum Gasteiger partial charge on any atom is -0.364 e. The molecule has 0 spiro atoms. The molecule has 2 atom stereocenters. The normalized spacial score (nSPS) is 18.3. The standard InChI is InChI=1S/C23H25ClN8O2S.C23H23ClN8OS/c1-14-10-19(35-29-14)28-22-20(21(25)33)26-12-18(27-22)30-7-3-6-17(13-30)32-9-8-31(23(32)34)16-5-2-4-15(24)11-16;1-15-10-21(34-29-15)28-22-19(12-25)26-13-20(27-22)30-7-3-6-18(14-30)32-9-8-31(23(32)33)17-5-2-4-16(24)11-17/h2,4-5,10-12,17H,3,6-9,13H2,1H3,(H2,25,33)(H,27,28);2,4-5,10-11,13,18H,3,6-9,14H2,1H3,(H,27,28)/t17-;18-/m11/s1. The number of piperidine rings is 2. The summed E-state index contributed by atoms with van der Waals surface area (Å²) in [6, 6.07) is 20.7. The number of anilines is 8. The Morgan fingerprint density at radius 1 is 0.710 bits per heavy atom. The molecular weight excluding hydrogens is 960 g/mol. The zero-order chi connectivity index (χ0) is 48.2. The second-order valence-electron chi connectivity index (χ2n) is 16.9. The lowest BCUT2D eigenvalue weighted by Gasteiger charge is -2.38. The molecule has 4 fully saturated rings. The smallest absolute Gasteiger partial charge is 0.324 e. The molecule has 0 unspecified atom stereocenters. The van der Waals surface area contributed by atoms with Gasteiger partial charge in [-0.2, -0.15) is 14.0 Å². The minimum atomic E-state index is -0.659. The third-order valence-electron chi connectivity index (χ3n) is 12.2. The van der Waals surface area contributed by atoms with Crippen LogP contribution in [0.2, 0.25) is 10.0 Å². The molecule has 10 rings (SSSR count). The molecular formula is C46H48Cl2N16O3S2. The van der Waals surface area contributed by atoms with Crippen LogP contribution < -0.4 is 36.0 Å². The molecule has 5 amide bonds. The fourth-order valence-electron chi connectivity index (χ4n) is 8.97. The summed E-state index contributed by atoms with van der Waals surface area (Å²) in [7, 11) is 0. The first-order valence-electron chi connectivity index (χ1n) is 22.4. The van der Waals surface area contributed by atoms with E-state index >= 15 is 0 Å². The van der Waals surface area contributed by atoms with Crippen LogP contribution in [0.3, 0.4) is 0 Å². The predicted octanol–water partition coefficient (Wildman–Crippen LogP) is 8.07. The van der Waals surface area contributed by atoms with Crippen molar-refractivity contribution in [3.63, 3.8) is 0 Å². The van der Waals surface area contributed by atoms with Crippen LogP contribution in [0.25, 0.3) is 0 Å². The Labute approximate surface area is 416 Å². The summed E-state index contributed by atoms with van der Waals surface area (Å²) in [4.78, 5) is 68.1. The Kier molecular flexibility index (Phi) is 14.2. The van der Waals surface area contributed by atoms with Gasteiger partial charge in [0, 0.05) is 73.8 Å². The Morgan fingerprint density at radius 2 is 1.20 bits per heavy atom. The van der Waals surface area contributed by atoms with E-state index < -0.39 is 5.91 Å². The molecule has 0 aliphatic carbocycles. The van der Waals surface area contributed by atoms with Crippen LogP contribution in [0.5, 0.6) is 0 Å². The Bertz CT molecular complexity index is 2910. The van der Waals surface area contributed by atoms with Crippen LogP contribution in [-0.2, 0) is 0 Å². The fraction of sp³-hybridized carbons (Fsp3) is 0.348. The third kappa shape index (κ3) is 10.7. The topological polar surface area (TPSA) is 222 Å². The molecule has 4 N–H and O–H groups in total. The molecule has 23 heteroatoms. The van der Waals surface area contributed by atoms with E-state index in [9.17, 15) is 19.6 Å². The molecule has 4 aliphatic heterocycles. The van der Waals surface area contributed by atoms with Gasteiger partial charge in [0.2, 0.25) is 0 Å². The van der Waals surface area contributed by atoms with Gasteiger partial charge < -0.3 is 36.0 Å². The zero-order valence-corrected chi connectivity index (χ0v) is 40.9. The number of rotatable bonds is 11. The van der Waals surface area contributed by atoms with Crippen molar-refractivity contribution in [2.24, 2.45) is 5.73 Å². The Balaban J connectivity index is 0.000000172. The quantitative estimate of drug-likeness (QED) is 0.112. The van der Waals surface area contributed by atoms with E-state index in [1.807, 2.05) is 72.2 Å². The third-order valence-corrected chi connectivity index (χ3v) is 14.3. The number of hydrogen-bond donors (Lipinski definition) is 3. The minimum absolute atomic E-state index is 0.00273. The highest BCUT2D eigenvalue weighted by atomic mass is 35.5. The number of urea groups is 2. The van der Waals surface area contributed by atoms with Gasteiger partial charge in [0.15, 0.2) is 23.0 Å². The van der Waals surface area contributed by atoms with Crippen molar-refractivity contribution in [1.82, 2.24) is 38.5 Å². The lowest BCUT2D eigenvalue weighted by atomic mass is 10.0. The maximum absolute atomic E-state index is 13.2. The van der Waals surface area contributed by atoms with Gasteiger partial charge in [-0.1, -0.05) is 35.3 Å². The van der Waals surface area contributed by atoms with Crippen LogP contribution in [0.1, 0.15) is 53.3 Å². The van der Waals surface area contributed by atoms with Gasteiger partial charge in [-0.3, -0.25) is 14.6 Å². The highest BCUT2D eigenvalue weighted by Crippen LogP contribution is 2.32. The van der Waals surface area contributed by atoms with Crippen LogP contribution in [-0.4, -0.2) is 121 Å². The first kappa shape index (κ1) is 47.2. The van der Waals surface area contributed by atoms with E-state index in [1.165, 1.54) is 23.1 Å². The van der Waals surface area contributed by atoms with Gasteiger partial charge in [-0.05, 0) is 111 Å². The Hall–Kier alpha value is -6.86. The summed E-state index contributed by atoms with van der Waals surface area (Å²) in [5.41, 5.74) is 9.22. The van der Waals surface area contributed by atoms with Crippen LogP contribution >= 0.6 is 46.3 Å². The number of nitrogens with one attached hydrogen (secondary N) is 2. The van der Waals surface area contributed by atoms with Crippen LogP contribution in [0, 0.1) is 25.2 Å². The summed E-state index contributed by atoms with van der Waals surface area (Å²) in [5.74, 6) is 1.36. The molecule has 0 saturated carbocycles. The van der Waals surface area contributed by atoms with Crippen molar-refractivity contribution in [2.45, 2.75) is 51.6 Å². The predicted molar refractivity (Wildman–Crippen MR) is 270 cm³/mol. The number of nitrogens with zero attached hydrogens (tertiary/aromatic N) is 13. The van der Waals surface area contributed by atoms with E-state index in [-0.39, 0.29) is 35.5 Å². The molecule has 0 bridgehead atoms. The average molecular weight is 1010 g/mol. The molecule has 2 aromatic carbocycles. The SMILES string of the molecule is Cc1cc(Nc2nc(N3CCC[C@@H](N4CCN(c5cccc(Cl)c5)C4=O)C3)cnc2C#N)sn1.Cc1cc(Nc2nc(N3CCC[C@@H](N4CCN(c5cccc(Cl)c5)C4=O)C3)cnc2C(N)=O)sn1. The number of halogens is 2. The molecule has 356 valence electrons. The van der Waals surface area contributed by atoms with Gasteiger partial charge in [0.25, 0.3) is 5.91 Å². The van der Waals surface area contributed by atoms with E-state index in [2.05, 4.69) is 50.2 Å². The van der Waals surface area contributed by atoms with Gasteiger partial charge >= 0.3 is 12.1 Å². The largest absolute Gasteiger partial charge is 0.364 e. The van der Waals surface area contributed by atoms with Crippen molar-refractivity contribution < 1.29 is 14.4 Å².